The van der Waals surface area contributed by atoms with Gasteiger partial charge in [-0.25, -0.2) is 12.4 Å². The van der Waals surface area contributed by atoms with Crippen LogP contribution in [0.4, 0.5) is 5.69 Å². The van der Waals surface area contributed by atoms with Gasteiger partial charge in [-0.1, -0.05) is 48.0 Å². The Morgan fingerprint density at radius 3 is 2.21 bits per heavy atom. The van der Waals surface area contributed by atoms with Gasteiger partial charge in [0.1, 0.15) is 0 Å². The summed E-state index contributed by atoms with van der Waals surface area (Å²) in [6.07, 6.45) is 0. The molecule has 0 N–H and O–H groups in total. The summed E-state index contributed by atoms with van der Waals surface area (Å²) in [4.78, 5) is 10.8. The molecule has 140 valence electrons. The van der Waals surface area contributed by atoms with Crippen LogP contribution in [0.3, 0.4) is 0 Å². The molecule has 4 rings (SSSR count). The average molecular weight is 392 g/mol. The topological polar surface area (TPSA) is 82.2 Å². The molecule has 0 saturated heterocycles. The van der Waals surface area contributed by atoms with Crippen LogP contribution < -0.4 is 0 Å². The van der Waals surface area contributed by atoms with E-state index in [1.54, 1.807) is 36.4 Å². The van der Waals surface area contributed by atoms with Crippen molar-refractivity contribution in [3.63, 3.8) is 0 Å². The number of nitro benzene ring substituents is 1. The predicted octanol–water partition coefficient (Wildman–Crippen LogP) is 4.76. The highest BCUT2D eigenvalue weighted by Gasteiger charge is 2.25. The summed E-state index contributed by atoms with van der Waals surface area (Å²) in [7, 11) is -3.97. The summed E-state index contributed by atoms with van der Waals surface area (Å²) in [6, 6.07) is 21.6. The smallest absolute Gasteiger partial charge is 0.258 e. The lowest BCUT2D eigenvalue weighted by atomic mass is 10.1. The van der Waals surface area contributed by atoms with E-state index in [1.807, 2.05) is 37.3 Å². The number of nitro groups is 1. The summed E-state index contributed by atoms with van der Waals surface area (Å²) < 4.78 is 28.2. The van der Waals surface area contributed by atoms with Crippen LogP contribution in [-0.4, -0.2) is 17.3 Å². The number of non-ortho nitro benzene ring substituents is 1. The van der Waals surface area contributed by atoms with E-state index in [9.17, 15) is 18.5 Å². The van der Waals surface area contributed by atoms with Crippen LogP contribution >= 0.6 is 0 Å². The van der Waals surface area contributed by atoms with Gasteiger partial charge in [0.2, 0.25) is 0 Å². The molecule has 0 spiro atoms. The van der Waals surface area contributed by atoms with Crippen LogP contribution in [0.1, 0.15) is 5.56 Å². The number of aryl methyl sites for hydroxylation is 1. The minimum atomic E-state index is -3.97. The first kappa shape index (κ1) is 17.9. The van der Waals surface area contributed by atoms with E-state index in [-0.39, 0.29) is 16.1 Å². The lowest BCUT2D eigenvalue weighted by molar-refractivity contribution is -0.384. The van der Waals surface area contributed by atoms with Crippen molar-refractivity contribution in [1.29, 1.82) is 0 Å². The van der Waals surface area contributed by atoms with Gasteiger partial charge < -0.3 is 0 Å². The predicted molar refractivity (Wildman–Crippen MR) is 108 cm³/mol. The van der Waals surface area contributed by atoms with Gasteiger partial charge in [-0.2, -0.15) is 0 Å². The second kappa shape index (κ2) is 6.61. The van der Waals surface area contributed by atoms with Gasteiger partial charge in [0.25, 0.3) is 15.7 Å². The van der Waals surface area contributed by atoms with Gasteiger partial charge in [-0.3, -0.25) is 10.1 Å². The molecular formula is C21H16N2O4S. The number of fused-ring (bicyclic) bond motifs is 1. The molecule has 0 saturated carbocycles. The van der Waals surface area contributed by atoms with Crippen LogP contribution in [-0.2, 0) is 10.0 Å². The third-order valence-electron chi connectivity index (χ3n) is 4.58. The SMILES string of the molecule is Cc1ccc(S(=O)(=O)n2c(-c3ccccc3)cc3ccc([N+](=O)[O-])cc32)cc1. The first-order valence-corrected chi connectivity index (χ1v) is 9.99. The Bertz CT molecular complexity index is 1290. The molecule has 4 aromatic rings. The Morgan fingerprint density at radius 1 is 0.893 bits per heavy atom. The second-order valence-corrected chi connectivity index (χ2v) is 8.27. The van der Waals surface area contributed by atoms with Crippen molar-refractivity contribution in [1.82, 2.24) is 3.97 Å². The molecule has 3 aromatic carbocycles. The first-order chi connectivity index (χ1) is 13.4. The maximum absolute atomic E-state index is 13.5. The molecule has 0 amide bonds. The summed E-state index contributed by atoms with van der Waals surface area (Å²) >= 11 is 0. The molecule has 7 heteroatoms. The van der Waals surface area contributed by atoms with Crippen LogP contribution in [0.2, 0.25) is 0 Å². The quantitative estimate of drug-likeness (QED) is 0.370. The van der Waals surface area contributed by atoms with Crippen molar-refractivity contribution in [3.05, 3.63) is 94.5 Å². The van der Waals surface area contributed by atoms with Gasteiger partial charge in [0.05, 0.1) is 21.0 Å². The monoisotopic (exact) mass is 392 g/mol. The molecule has 1 heterocycles. The summed E-state index contributed by atoms with van der Waals surface area (Å²) in [5.41, 5.74) is 2.21. The molecule has 0 atom stereocenters. The van der Waals surface area contributed by atoms with Crippen LogP contribution in [0.5, 0.6) is 0 Å². The van der Waals surface area contributed by atoms with Crippen molar-refractivity contribution in [2.75, 3.05) is 0 Å². The molecule has 0 aliphatic carbocycles. The molecule has 0 bridgehead atoms. The highest BCUT2D eigenvalue weighted by atomic mass is 32.2. The molecule has 0 aliphatic rings. The fourth-order valence-corrected chi connectivity index (χ4v) is 4.69. The zero-order valence-corrected chi connectivity index (χ0v) is 15.8. The lowest BCUT2D eigenvalue weighted by Crippen LogP contribution is -2.14. The zero-order valence-electron chi connectivity index (χ0n) is 14.9. The minimum absolute atomic E-state index is 0.124. The van der Waals surface area contributed by atoms with Crippen LogP contribution in [0.15, 0.2) is 83.8 Å². The number of nitrogens with zero attached hydrogens (tertiary/aromatic N) is 2. The summed E-state index contributed by atoms with van der Waals surface area (Å²) in [5, 5.41) is 11.8. The van der Waals surface area contributed by atoms with Crippen molar-refractivity contribution in [2.45, 2.75) is 11.8 Å². The van der Waals surface area contributed by atoms with Crippen molar-refractivity contribution in [2.24, 2.45) is 0 Å². The molecule has 0 fully saturated rings. The third kappa shape index (κ3) is 2.95. The van der Waals surface area contributed by atoms with Crippen molar-refractivity contribution in [3.8, 4) is 11.3 Å². The average Bonchev–Trinajstić information content (AvgIpc) is 3.08. The summed E-state index contributed by atoms with van der Waals surface area (Å²) in [6.45, 7) is 1.88. The number of hydrogen-bond donors (Lipinski definition) is 0. The number of hydrogen-bond acceptors (Lipinski definition) is 4. The Hall–Kier alpha value is -3.45. The Kier molecular flexibility index (Phi) is 4.24. The molecule has 6 nitrogen and oxygen atoms in total. The van der Waals surface area contributed by atoms with E-state index in [0.717, 1.165) is 5.56 Å². The number of rotatable bonds is 4. The highest BCUT2D eigenvalue weighted by Crippen LogP contribution is 2.34. The van der Waals surface area contributed by atoms with E-state index >= 15 is 0 Å². The maximum atomic E-state index is 13.5. The van der Waals surface area contributed by atoms with Gasteiger partial charge in [-0.05, 0) is 36.8 Å². The molecule has 28 heavy (non-hydrogen) atoms. The third-order valence-corrected chi connectivity index (χ3v) is 6.33. The van der Waals surface area contributed by atoms with Crippen molar-refractivity contribution < 1.29 is 13.3 Å². The van der Waals surface area contributed by atoms with Gasteiger partial charge in [0, 0.05) is 17.5 Å². The summed E-state index contributed by atoms with van der Waals surface area (Å²) in [5.74, 6) is 0. The molecule has 0 radical (unpaired) electrons. The largest absolute Gasteiger partial charge is 0.271 e. The van der Waals surface area contributed by atoms with E-state index in [4.69, 9.17) is 0 Å². The fourth-order valence-electron chi connectivity index (χ4n) is 3.16. The van der Waals surface area contributed by atoms with E-state index < -0.39 is 14.9 Å². The minimum Gasteiger partial charge on any atom is -0.258 e. The van der Waals surface area contributed by atoms with Crippen LogP contribution in [0.25, 0.3) is 22.2 Å². The van der Waals surface area contributed by atoms with Gasteiger partial charge >= 0.3 is 0 Å². The normalized spacial score (nSPS) is 11.6. The van der Waals surface area contributed by atoms with E-state index in [0.29, 0.717) is 16.6 Å². The van der Waals surface area contributed by atoms with Crippen LogP contribution in [0, 0.1) is 17.0 Å². The first-order valence-electron chi connectivity index (χ1n) is 8.55. The molecular weight excluding hydrogens is 376 g/mol. The maximum Gasteiger partial charge on any atom is 0.271 e. The standard InChI is InChI=1S/C21H16N2O4S/c1-15-7-11-19(12-8-15)28(26,27)22-20(16-5-3-2-4-6-16)13-17-9-10-18(23(24)25)14-21(17)22/h2-14H,1H3. The Morgan fingerprint density at radius 2 is 1.57 bits per heavy atom. The van der Waals surface area contributed by atoms with Crippen molar-refractivity contribution >= 4 is 26.6 Å². The van der Waals surface area contributed by atoms with Gasteiger partial charge in [-0.15, -0.1) is 0 Å². The lowest BCUT2D eigenvalue weighted by Gasteiger charge is -2.12. The van der Waals surface area contributed by atoms with Gasteiger partial charge in [0.15, 0.2) is 0 Å². The Labute approximate surface area is 161 Å². The molecule has 0 aliphatic heterocycles. The second-order valence-electron chi connectivity index (χ2n) is 6.48. The van der Waals surface area contributed by atoms with E-state index in [1.165, 1.54) is 16.1 Å². The Balaban J connectivity index is 2.07. The highest BCUT2D eigenvalue weighted by molar-refractivity contribution is 7.90. The molecule has 0 unspecified atom stereocenters. The zero-order chi connectivity index (χ0) is 19.9. The number of benzene rings is 3. The molecule has 1 aromatic heterocycles. The fraction of sp³-hybridized carbons (Fsp3) is 0.0476. The van der Waals surface area contributed by atoms with E-state index in [2.05, 4.69) is 0 Å². The number of aromatic nitrogens is 1.